The Morgan fingerprint density at radius 3 is 2.60 bits per heavy atom. The van der Waals surface area contributed by atoms with Gasteiger partial charge in [-0.15, -0.1) is 0 Å². The fourth-order valence-electron chi connectivity index (χ4n) is 3.25. The van der Waals surface area contributed by atoms with Crippen LogP contribution in [0, 0.1) is 10.1 Å². The standard InChI is InChI=1S/C21H18N4O4S/c1-29-15-9-7-14(8-10-15)18(24-11-2-3-12-24)13-19(26)23-21-22-16-5-4-6-17(25(27)28)20(16)30-21/h2-12,18H,13H2,1H3,(H,22,23,26). The molecule has 1 amide bonds. The van der Waals surface area contributed by atoms with E-state index in [0.29, 0.717) is 15.3 Å². The second kappa shape index (κ2) is 8.34. The summed E-state index contributed by atoms with van der Waals surface area (Å²) >= 11 is 1.10. The molecule has 0 aliphatic rings. The third kappa shape index (κ3) is 4.01. The van der Waals surface area contributed by atoms with Crippen LogP contribution in [-0.4, -0.2) is 27.5 Å². The number of carbonyl (C=O) groups is 1. The highest BCUT2D eigenvalue weighted by Gasteiger charge is 2.20. The average Bonchev–Trinajstić information content (AvgIpc) is 3.41. The van der Waals surface area contributed by atoms with Gasteiger partial charge in [0.05, 0.1) is 30.0 Å². The lowest BCUT2D eigenvalue weighted by molar-refractivity contribution is -0.382. The van der Waals surface area contributed by atoms with Crippen LogP contribution in [0.1, 0.15) is 18.0 Å². The largest absolute Gasteiger partial charge is 0.497 e. The molecule has 2 aromatic carbocycles. The lowest BCUT2D eigenvalue weighted by Gasteiger charge is -2.19. The number of non-ortho nitro benzene ring substituents is 1. The minimum atomic E-state index is -0.447. The lowest BCUT2D eigenvalue weighted by Crippen LogP contribution is -2.19. The summed E-state index contributed by atoms with van der Waals surface area (Å²) in [5, 5.41) is 14.3. The van der Waals surface area contributed by atoms with Gasteiger partial charge in [-0.1, -0.05) is 29.5 Å². The molecule has 1 atom stereocenters. The van der Waals surface area contributed by atoms with E-state index in [2.05, 4.69) is 10.3 Å². The van der Waals surface area contributed by atoms with Gasteiger partial charge in [-0.25, -0.2) is 4.98 Å². The number of nitro benzene ring substituents is 1. The molecule has 0 aliphatic heterocycles. The van der Waals surface area contributed by atoms with E-state index in [1.807, 2.05) is 53.4 Å². The molecular formula is C21H18N4O4S. The first-order valence-electron chi connectivity index (χ1n) is 9.15. The van der Waals surface area contributed by atoms with E-state index in [9.17, 15) is 14.9 Å². The number of thiazole rings is 1. The van der Waals surface area contributed by atoms with Gasteiger partial charge in [-0.05, 0) is 35.9 Å². The van der Waals surface area contributed by atoms with Crippen LogP contribution < -0.4 is 10.1 Å². The van der Waals surface area contributed by atoms with Crippen LogP contribution in [0.5, 0.6) is 5.75 Å². The molecule has 2 aromatic heterocycles. The summed E-state index contributed by atoms with van der Waals surface area (Å²) in [5.74, 6) is 0.511. The number of fused-ring (bicyclic) bond motifs is 1. The van der Waals surface area contributed by atoms with Gasteiger partial charge in [0.15, 0.2) is 5.13 Å². The molecule has 9 heteroatoms. The van der Waals surface area contributed by atoms with Crippen molar-refractivity contribution in [3.05, 3.63) is 82.7 Å². The number of carbonyl (C=O) groups excluding carboxylic acids is 1. The molecule has 0 spiro atoms. The number of methoxy groups -OCH3 is 1. The maximum Gasteiger partial charge on any atom is 0.288 e. The Bertz CT molecular complexity index is 1190. The Hall–Kier alpha value is -3.72. The number of amides is 1. The fourth-order valence-corrected chi connectivity index (χ4v) is 4.22. The Kier molecular flexibility index (Phi) is 5.44. The maximum absolute atomic E-state index is 12.8. The van der Waals surface area contributed by atoms with Crippen molar-refractivity contribution in [2.45, 2.75) is 12.5 Å². The SMILES string of the molecule is COc1ccc(C(CC(=O)Nc2nc3cccc([N+](=O)[O-])c3s2)n2cccc2)cc1. The molecule has 1 N–H and O–H groups in total. The predicted molar refractivity (Wildman–Crippen MR) is 115 cm³/mol. The molecule has 0 aliphatic carbocycles. The number of nitro groups is 1. The highest BCUT2D eigenvalue weighted by Crippen LogP contribution is 2.33. The minimum absolute atomic E-state index is 0.0195. The number of ether oxygens (including phenoxy) is 1. The van der Waals surface area contributed by atoms with Gasteiger partial charge in [-0.2, -0.15) is 0 Å². The monoisotopic (exact) mass is 422 g/mol. The summed E-state index contributed by atoms with van der Waals surface area (Å²) in [6.07, 6.45) is 3.99. The summed E-state index contributed by atoms with van der Waals surface area (Å²) in [6, 6.07) is 15.9. The molecule has 0 saturated carbocycles. The van der Waals surface area contributed by atoms with Crippen molar-refractivity contribution in [3.63, 3.8) is 0 Å². The van der Waals surface area contributed by atoms with E-state index in [0.717, 1.165) is 22.6 Å². The number of nitrogens with one attached hydrogen (secondary N) is 1. The first-order chi connectivity index (χ1) is 14.5. The van der Waals surface area contributed by atoms with Crippen LogP contribution in [0.15, 0.2) is 67.0 Å². The van der Waals surface area contributed by atoms with E-state index in [-0.39, 0.29) is 24.1 Å². The van der Waals surface area contributed by atoms with Gasteiger partial charge in [0.2, 0.25) is 5.91 Å². The average molecular weight is 422 g/mol. The van der Waals surface area contributed by atoms with Crippen LogP contribution in [0.25, 0.3) is 10.2 Å². The molecule has 2 heterocycles. The van der Waals surface area contributed by atoms with Gasteiger partial charge >= 0.3 is 0 Å². The zero-order valence-corrected chi connectivity index (χ0v) is 16.8. The van der Waals surface area contributed by atoms with E-state index in [1.165, 1.54) is 6.07 Å². The Morgan fingerprint density at radius 1 is 1.20 bits per heavy atom. The van der Waals surface area contributed by atoms with Crippen molar-refractivity contribution < 1.29 is 14.5 Å². The molecule has 1 unspecified atom stereocenters. The van der Waals surface area contributed by atoms with Crippen LogP contribution in [0.2, 0.25) is 0 Å². The molecule has 4 aromatic rings. The number of aromatic nitrogens is 2. The van der Waals surface area contributed by atoms with Crippen molar-refractivity contribution in [2.75, 3.05) is 12.4 Å². The number of hydrogen-bond donors (Lipinski definition) is 1. The topological polar surface area (TPSA) is 99.3 Å². The molecule has 152 valence electrons. The van der Waals surface area contributed by atoms with Gasteiger partial charge in [0.25, 0.3) is 5.69 Å². The number of hydrogen-bond acceptors (Lipinski definition) is 6. The molecule has 0 bridgehead atoms. The number of nitrogens with zero attached hydrogens (tertiary/aromatic N) is 3. The van der Waals surface area contributed by atoms with Crippen LogP contribution in [0.4, 0.5) is 10.8 Å². The minimum Gasteiger partial charge on any atom is -0.497 e. The smallest absolute Gasteiger partial charge is 0.288 e. The van der Waals surface area contributed by atoms with Gasteiger partial charge < -0.3 is 14.6 Å². The number of benzene rings is 2. The zero-order chi connectivity index (χ0) is 21.1. The number of rotatable bonds is 7. The first-order valence-corrected chi connectivity index (χ1v) is 9.97. The van der Waals surface area contributed by atoms with Gasteiger partial charge in [0.1, 0.15) is 10.4 Å². The van der Waals surface area contributed by atoms with Crippen LogP contribution in [0.3, 0.4) is 0 Å². The third-order valence-corrected chi connectivity index (χ3v) is 5.71. The molecule has 0 radical (unpaired) electrons. The van der Waals surface area contributed by atoms with Crippen molar-refractivity contribution >= 4 is 38.3 Å². The third-order valence-electron chi connectivity index (χ3n) is 4.70. The summed E-state index contributed by atoms with van der Waals surface area (Å²) in [4.78, 5) is 27.9. The molecule has 4 rings (SSSR count). The highest BCUT2D eigenvalue weighted by molar-refractivity contribution is 7.22. The lowest BCUT2D eigenvalue weighted by atomic mass is 10.0. The number of anilines is 1. The predicted octanol–water partition coefficient (Wildman–Crippen LogP) is 4.63. The second-order valence-electron chi connectivity index (χ2n) is 6.57. The van der Waals surface area contributed by atoms with Crippen LogP contribution in [-0.2, 0) is 4.79 Å². The quantitative estimate of drug-likeness (QED) is 0.346. The van der Waals surface area contributed by atoms with E-state index in [1.54, 1.807) is 19.2 Å². The van der Waals surface area contributed by atoms with Crippen molar-refractivity contribution in [2.24, 2.45) is 0 Å². The summed E-state index contributed by atoms with van der Waals surface area (Å²) in [5.41, 5.74) is 1.43. The zero-order valence-electron chi connectivity index (χ0n) is 16.0. The van der Waals surface area contributed by atoms with E-state index >= 15 is 0 Å². The van der Waals surface area contributed by atoms with E-state index < -0.39 is 4.92 Å². The molecule has 8 nitrogen and oxygen atoms in total. The molecular weight excluding hydrogens is 404 g/mol. The Labute approximate surface area is 175 Å². The van der Waals surface area contributed by atoms with Crippen LogP contribution >= 0.6 is 11.3 Å². The summed E-state index contributed by atoms with van der Waals surface area (Å²) in [7, 11) is 1.61. The summed E-state index contributed by atoms with van der Waals surface area (Å²) in [6.45, 7) is 0. The Morgan fingerprint density at radius 2 is 1.93 bits per heavy atom. The van der Waals surface area contributed by atoms with Crippen molar-refractivity contribution in [1.82, 2.24) is 9.55 Å². The van der Waals surface area contributed by atoms with Gasteiger partial charge in [-0.3, -0.25) is 14.9 Å². The Balaban J connectivity index is 1.56. The maximum atomic E-state index is 12.8. The molecule has 30 heavy (non-hydrogen) atoms. The van der Waals surface area contributed by atoms with E-state index in [4.69, 9.17) is 4.74 Å². The fraction of sp³-hybridized carbons (Fsp3) is 0.143. The van der Waals surface area contributed by atoms with Crippen molar-refractivity contribution in [1.29, 1.82) is 0 Å². The second-order valence-corrected chi connectivity index (χ2v) is 7.57. The highest BCUT2D eigenvalue weighted by atomic mass is 32.1. The normalized spacial score (nSPS) is 11.9. The summed E-state index contributed by atoms with van der Waals surface area (Å²) < 4.78 is 7.62. The van der Waals surface area contributed by atoms with Crippen molar-refractivity contribution in [3.8, 4) is 5.75 Å². The van der Waals surface area contributed by atoms with Gasteiger partial charge in [0, 0.05) is 18.5 Å². The molecule has 0 saturated heterocycles. The first kappa shape index (κ1) is 19.6. The molecule has 0 fully saturated rings.